The molecule has 0 heterocycles. The smallest absolute Gasteiger partial charge is 0.303 e. The van der Waals surface area contributed by atoms with E-state index >= 15 is 0 Å². The largest absolute Gasteiger partial charge is 0.487 e. The van der Waals surface area contributed by atoms with Crippen LogP contribution >= 0.6 is 31.9 Å². The van der Waals surface area contributed by atoms with Crippen LogP contribution in [0.2, 0.25) is 0 Å². The Morgan fingerprint density at radius 3 is 2.30 bits per heavy atom. The number of nitrogens with one attached hydrogen (secondary N) is 1. The molecular formula is C18H19Br2NO5S. The van der Waals surface area contributed by atoms with Crippen LogP contribution in [-0.2, 0) is 27.8 Å². The molecule has 2 rings (SSSR count). The average molecular weight is 521 g/mol. The molecule has 2 aromatic rings. The van der Waals surface area contributed by atoms with Crippen LogP contribution in [0.1, 0.15) is 23.1 Å². The lowest BCUT2D eigenvalue weighted by molar-refractivity contribution is -0.136. The minimum atomic E-state index is -3.36. The van der Waals surface area contributed by atoms with E-state index in [1.54, 1.807) is 12.1 Å². The van der Waals surface area contributed by atoms with Crippen molar-refractivity contribution in [3.8, 4) is 5.75 Å². The van der Waals surface area contributed by atoms with Gasteiger partial charge in [-0.25, -0.2) is 8.42 Å². The Labute approximate surface area is 175 Å². The number of sulfonamides is 1. The first-order valence-electron chi connectivity index (χ1n) is 7.94. The van der Waals surface area contributed by atoms with E-state index in [0.717, 1.165) is 22.9 Å². The molecule has 0 radical (unpaired) electrons. The van der Waals surface area contributed by atoms with Crippen molar-refractivity contribution >= 4 is 53.5 Å². The van der Waals surface area contributed by atoms with Crippen molar-refractivity contribution in [2.75, 3.05) is 11.0 Å². The number of hydrogen-bond donors (Lipinski definition) is 2. The van der Waals surface area contributed by atoms with Gasteiger partial charge in [0.25, 0.3) is 0 Å². The van der Waals surface area contributed by atoms with Crippen LogP contribution in [0.25, 0.3) is 0 Å². The van der Waals surface area contributed by atoms with Gasteiger partial charge in [-0.3, -0.25) is 9.52 Å². The zero-order chi connectivity index (χ0) is 20.2. The van der Waals surface area contributed by atoms with Crippen LogP contribution in [-0.4, -0.2) is 25.7 Å². The molecule has 0 saturated heterocycles. The zero-order valence-corrected chi connectivity index (χ0v) is 18.7. The monoisotopic (exact) mass is 519 g/mol. The van der Waals surface area contributed by atoms with Crippen molar-refractivity contribution in [3.63, 3.8) is 0 Å². The maximum absolute atomic E-state index is 11.4. The van der Waals surface area contributed by atoms with E-state index in [-0.39, 0.29) is 13.0 Å². The number of ether oxygens (including phenoxy) is 1. The summed E-state index contributed by atoms with van der Waals surface area (Å²) in [6, 6.07) is 9.03. The van der Waals surface area contributed by atoms with Crippen LogP contribution in [0.4, 0.5) is 5.69 Å². The van der Waals surface area contributed by atoms with Gasteiger partial charge in [0.05, 0.1) is 15.2 Å². The topological polar surface area (TPSA) is 92.7 Å². The fourth-order valence-corrected chi connectivity index (χ4v) is 4.58. The number of halogens is 2. The molecule has 6 nitrogen and oxygen atoms in total. The molecule has 0 aliphatic rings. The lowest BCUT2D eigenvalue weighted by Gasteiger charge is -2.14. The summed E-state index contributed by atoms with van der Waals surface area (Å²) in [6.45, 7) is 2.12. The third-order valence-corrected chi connectivity index (χ3v) is 5.29. The van der Waals surface area contributed by atoms with Crippen molar-refractivity contribution in [1.29, 1.82) is 0 Å². The first kappa shape index (κ1) is 21.7. The lowest BCUT2D eigenvalue weighted by Crippen LogP contribution is -2.10. The van der Waals surface area contributed by atoms with E-state index in [4.69, 9.17) is 9.84 Å². The maximum atomic E-state index is 11.4. The average Bonchev–Trinajstić information content (AvgIpc) is 2.49. The number of anilines is 1. The Morgan fingerprint density at radius 1 is 1.11 bits per heavy atom. The van der Waals surface area contributed by atoms with Gasteiger partial charge in [-0.2, -0.15) is 0 Å². The first-order valence-corrected chi connectivity index (χ1v) is 11.4. The summed E-state index contributed by atoms with van der Waals surface area (Å²) in [7, 11) is -3.36. The van der Waals surface area contributed by atoms with Crippen molar-refractivity contribution < 1.29 is 23.1 Å². The number of carbonyl (C=O) groups is 1. The Bertz CT molecular complexity index is 937. The standard InChI is InChI=1S/C18H19Br2NO5S/c1-11-5-13(7-14(6-11)21-27(2,24)25)10-26-18-15(19)8-12(9-16(18)20)3-4-17(22)23/h5-9,21H,3-4,10H2,1-2H3,(H,22,23). The highest BCUT2D eigenvalue weighted by Crippen LogP contribution is 2.36. The summed E-state index contributed by atoms with van der Waals surface area (Å²) in [6.07, 6.45) is 1.58. The highest BCUT2D eigenvalue weighted by atomic mass is 79.9. The predicted octanol–water partition coefficient (Wildman–Crippen LogP) is 4.49. The van der Waals surface area contributed by atoms with Gasteiger partial charge in [-0.1, -0.05) is 6.07 Å². The quantitative estimate of drug-likeness (QED) is 0.535. The number of hydrogen-bond acceptors (Lipinski definition) is 4. The van der Waals surface area contributed by atoms with E-state index in [0.29, 0.717) is 26.8 Å². The van der Waals surface area contributed by atoms with Gasteiger partial charge in [0.15, 0.2) is 0 Å². The van der Waals surface area contributed by atoms with E-state index in [1.165, 1.54) is 0 Å². The second kappa shape index (κ2) is 9.07. The van der Waals surface area contributed by atoms with Crippen molar-refractivity contribution in [2.45, 2.75) is 26.4 Å². The number of carboxylic acid groups (broad SMARTS) is 1. The van der Waals surface area contributed by atoms with Gasteiger partial charge in [-0.05, 0) is 86.2 Å². The van der Waals surface area contributed by atoms with E-state index in [9.17, 15) is 13.2 Å². The summed E-state index contributed by atoms with van der Waals surface area (Å²) in [5.74, 6) is -0.256. The molecule has 27 heavy (non-hydrogen) atoms. The molecule has 0 fully saturated rings. The molecule has 2 aromatic carbocycles. The van der Waals surface area contributed by atoms with Crippen LogP contribution in [0.3, 0.4) is 0 Å². The number of aliphatic carboxylic acids is 1. The Morgan fingerprint density at radius 2 is 1.74 bits per heavy atom. The number of rotatable bonds is 8. The van der Waals surface area contributed by atoms with E-state index < -0.39 is 16.0 Å². The molecular weight excluding hydrogens is 502 g/mol. The number of aryl methyl sites for hydroxylation is 2. The number of benzene rings is 2. The third-order valence-electron chi connectivity index (χ3n) is 3.51. The zero-order valence-electron chi connectivity index (χ0n) is 14.8. The summed E-state index contributed by atoms with van der Waals surface area (Å²) >= 11 is 6.91. The minimum Gasteiger partial charge on any atom is -0.487 e. The van der Waals surface area contributed by atoms with Gasteiger partial charge < -0.3 is 9.84 Å². The van der Waals surface area contributed by atoms with Crippen molar-refractivity contribution in [2.24, 2.45) is 0 Å². The maximum Gasteiger partial charge on any atom is 0.303 e. The van der Waals surface area contributed by atoms with Crippen LogP contribution in [0.15, 0.2) is 39.3 Å². The highest BCUT2D eigenvalue weighted by Gasteiger charge is 2.11. The molecule has 0 spiro atoms. The summed E-state index contributed by atoms with van der Waals surface area (Å²) < 4.78 is 32.6. The SMILES string of the molecule is Cc1cc(COc2c(Br)cc(CCC(=O)O)cc2Br)cc(NS(C)(=O)=O)c1. The molecule has 0 bridgehead atoms. The molecule has 0 aliphatic carbocycles. The predicted molar refractivity (Wildman–Crippen MR) is 112 cm³/mol. The molecule has 0 amide bonds. The van der Waals surface area contributed by atoms with Crippen molar-refractivity contribution in [1.82, 2.24) is 0 Å². The Hall–Kier alpha value is -1.58. The van der Waals surface area contributed by atoms with Gasteiger partial charge in [-0.15, -0.1) is 0 Å². The van der Waals surface area contributed by atoms with Gasteiger partial charge in [0, 0.05) is 12.1 Å². The molecule has 0 aromatic heterocycles. The minimum absolute atomic E-state index is 0.0541. The molecule has 9 heteroatoms. The second-order valence-corrected chi connectivity index (χ2v) is 9.61. The molecule has 0 unspecified atom stereocenters. The van der Waals surface area contributed by atoms with Gasteiger partial charge in [0.1, 0.15) is 12.4 Å². The summed E-state index contributed by atoms with van der Waals surface area (Å²) in [4.78, 5) is 10.7. The third kappa shape index (κ3) is 7.15. The first-order chi connectivity index (χ1) is 12.5. The van der Waals surface area contributed by atoms with Gasteiger partial charge >= 0.3 is 5.97 Å². The van der Waals surface area contributed by atoms with Crippen molar-refractivity contribution in [3.05, 3.63) is 56.0 Å². The fraction of sp³-hybridized carbons (Fsp3) is 0.278. The number of carboxylic acids is 1. The fourth-order valence-electron chi connectivity index (χ4n) is 2.52. The molecule has 0 saturated carbocycles. The molecule has 146 valence electrons. The van der Waals surface area contributed by atoms with E-state index in [2.05, 4.69) is 36.6 Å². The molecule has 0 aliphatic heterocycles. The van der Waals surface area contributed by atoms with E-state index in [1.807, 2.05) is 25.1 Å². The van der Waals surface area contributed by atoms with Crippen LogP contribution in [0, 0.1) is 6.92 Å². The lowest BCUT2D eigenvalue weighted by atomic mass is 10.1. The van der Waals surface area contributed by atoms with Gasteiger partial charge in [0.2, 0.25) is 10.0 Å². The summed E-state index contributed by atoms with van der Waals surface area (Å²) in [5.41, 5.74) is 3.08. The van der Waals surface area contributed by atoms with Crippen LogP contribution < -0.4 is 9.46 Å². The van der Waals surface area contributed by atoms with Crippen LogP contribution in [0.5, 0.6) is 5.75 Å². The highest BCUT2D eigenvalue weighted by molar-refractivity contribution is 9.11. The second-order valence-electron chi connectivity index (χ2n) is 6.15. The summed E-state index contributed by atoms with van der Waals surface area (Å²) in [5, 5.41) is 8.80. The molecule has 0 atom stereocenters. The Balaban J connectivity index is 2.15. The normalized spacial score (nSPS) is 11.3. The Kier molecular flexibility index (Phi) is 7.30. The molecule has 2 N–H and O–H groups in total.